The molecule has 2 heteroatoms. The van der Waals surface area contributed by atoms with Gasteiger partial charge in [-0.25, -0.2) is 0 Å². The minimum absolute atomic E-state index is 0.150. The molecule has 0 aliphatic carbocycles. The number of hydrogen-bond donors (Lipinski definition) is 0. The fourth-order valence-electron chi connectivity index (χ4n) is 2.65. The van der Waals surface area contributed by atoms with Crippen molar-refractivity contribution in [2.75, 3.05) is 13.2 Å². The molecule has 1 heterocycles. The maximum atomic E-state index is 5.44. The third-order valence-corrected chi connectivity index (χ3v) is 4.10. The molecule has 1 rings (SSSR count). The number of rotatable bonds is 16. The van der Waals surface area contributed by atoms with E-state index in [2.05, 4.69) is 6.92 Å². The quantitative estimate of drug-likeness (QED) is 0.262. The van der Waals surface area contributed by atoms with Crippen molar-refractivity contribution < 1.29 is 9.47 Å². The molecule has 0 amide bonds. The highest BCUT2D eigenvalue weighted by Crippen LogP contribution is 2.14. The van der Waals surface area contributed by atoms with Gasteiger partial charge in [0.2, 0.25) is 0 Å². The summed E-state index contributed by atoms with van der Waals surface area (Å²) in [6.45, 7) is 4.00. The standard InChI is InChI=1S/C18H36O2/c1-2-3-4-5-6-7-8-9-10-11-12-13-14-15-16-19-18-17-20-18/h18H,2-17H2,1H3. The Morgan fingerprint density at radius 2 is 1.10 bits per heavy atom. The Bertz CT molecular complexity index is 190. The highest BCUT2D eigenvalue weighted by atomic mass is 16.8. The lowest BCUT2D eigenvalue weighted by Crippen LogP contribution is -1.97. The highest BCUT2D eigenvalue weighted by Gasteiger charge is 2.22. The maximum Gasteiger partial charge on any atom is 0.181 e. The van der Waals surface area contributed by atoms with Gasteiger partial charge in [-0.3, -0.25) is 0 Å². The van der Waals surface area contributed by atoms with E-state index in [1.54, 1.807) is 0 Å². The third kappa shape index (κ3) is 12.9. The smallest absolute Gasteiger partial charge is 0.181 e. The summed E-state index contributed by atoms with van der Waals surface area (Å²) in [4.78, 5) is 0. The Morgan fingerprint density at radius 1 is 0.700 bits per heavy atom. The number of epoxide rings is 1. The third-order valence-electron chi connectivity index (χ3n) is 4.10. The summed E-state index contributed by atoms with van der Waals surface area (Å²) < 4.78 is 10.4. The molecule has 0 N–H and O–H groups in total. The van der Waals surface area contributed by atoms with E-state index in [1.165, 1.54) is 89.9 Å². The van der Waals surface area contributed by atoms with Crippen LogP contribution < -0.4 is 0 Å². The summed E-state index contributed by atoms with van der Waals surface area (Å²) in [7, 11) is 0. The van der Waals surface area contributed by atoms with Gasteiger partial charge in [-0.1, -0.05) is 90.4 Å². The van der Waals surface area contributed by atoms with Gasteiger partial charge < -0.3 is 9.47 Å². The van der Waals surface area contributed by atoms with E-state index in [4.69, 9.17) is 9.47 Å². The summed E-state index contributed by atoms with van der Waals surface area (Å²) >= 11 is 0. The Balaban J connectivity index is 1.60. The van der Waals surface area contributed by atoms with Crippen LogP contribution in [0.15, 0.2) is 0 Å². The molecule has 1 saturated heterocycles. The summed E-state index contributed by atoms with van der Waals surface area (Å²) in [5, 5.41) is 0. The Hall–Kier alpha value is -0.0800. The molecule has 0 aromatic rings. The summed E-state index contributed by atoms with van der Waals surface area (Å²) in [6.07, 6.45) is 19.9. The number of unbranched alkanes of at least 4 members (excludes halogenated alkanes) is 13. The molecule has 0 saturated carbocycles. The van der Waals surface area contributed by atoms with Crippen molar-refractivity contribution in [3.8, 4) is 0 Å². The van der Waals surface area contributed by atoms with E-state index >= 15 is 0 Å². The molecular weight excluding hydrogens is 248 g/mol. The molecule has 0 radical (unpaired) electrons. The number of hydrogen-bond acceptors (Lipinski definition) is 2. The molecule has 1 aliphatic heterocycles. The fraction of sp³-hybridized carbons (Fsp3) is 1.00. The maximum absolute atomic E-state index is 5.44. The van der Waals surface area contributed by atoms with Gasteiger partial charge in [0.1, 0.15) is 6.61 Å². The van der Waals surface area contributed by atoms with Crippen molar-refractivity contribution in [3.05, 3.63) is 0 Å². The SMILES string of the molecule is CCCCCCCCCCCCCCCCOC1CO1. The lowest BCUT2D eigenvalue weighted by Gasteiger charge is -2.03. The first-order chi connectivity index (χ1) is 9.93. The van der Waals surface area contributed by atoms with Crippen molar-refractivity contribution in [1.29, 1.82) is 0 Å². The van der Waals surface area contributed by atoms with Gasteiger partial charge in [-0.15, -0.1) is 0 Å². The van der Waals surface area contributed by atoms with Crippen LogP contribution in [0.25, 0.3) is 0 Å². The van der Waals surface area contributed by atoms with Gasteiger partial charge in [-0.2, -0.15) is 0 Å². The van der Waals surface area contributed by atoms with Gasteiger partial charge in [0.05, 0.1) is 0 Å². The number of ether oxygens (including phenoxy) is 2. The van der Waals surface area contributed by atoms with Gasteiger partial charge in [-0.05, 0) is 6.42 Å². The second-order valence-electron chi connectivity index (χ2n) is 6.23. The van der Waals surface area contributed by atoms with Crippen LogP contribution >= 0.6 is 0 Å². The van der Waals surface area contributed by atoms with Crippen LogP contribution in [0.2, 0.25) is 0 Å². The molecule has 0 aromatic carbocycles. The zero-order valence-corrected chi connectivity index (χ0v) is 13.7. The van der Waals surface area contributed by atoms with Gasteiger partial charge in [0, 0.05) is 6.61 Å². The monoisotopic (exact) mass is 284 g/mol. The van der Waals surface area contributed by atoms with E-state index in [0.29, 0.717) is 0 Å². The van der Waals surface area contributed by atoms with E-state index < -0.39 is 0 Å². The first-order valence-corrected chi connectivity index (χ1v) is 9.16. The van der Waals surface area contributed by atoms with E-state index in [1.807, 2.05) is 0 Å². The van der Waals surface area contributed by atoms with Gasteiger partial charge in [0.25, 0.3) is 0 Å². The zero-order chi connectivity index (χ0) is 14.3. The highest BCUT2D eigenvalue weighted by molar-refractivity contribution is 4.55. The van der Waals surface area contributed by atoms with E-state index in [-0.39, 0.29) is 6.29 Å². The largest absolute Gasteiger partial charge is 0.350 e. The molecular formula is C18H36O2. The minimum atomic E-state index is 0.150. The second-order valence-corrected chi connectivity index (χ2v) is 6.23. The Morgan fingerprint density at radius 3 is 1.50 bits per heavy atom. The summed E-state index contributed by atoms with van der Waals surface area (Å²) in [6, 6.07) is 0. The van der Waals surface area contributed by atoms with Crippen LogP contribution in [0.5, 0.6) is 0 Å². The van der Waals surface area contributed by atoms with Crippen LogP contribution in [0.3, 0.4) is 0 Å². The first kappa shape index (κ1) is 18.0. The Kier molecular flexibility index (Phi) is 12.5. The van der Waals surface area contributed by atoms with Crippen molar-refractivity contribution in [1.82, 2.24) is 0 Å². The topological polar surface area (TPSA) is 21.8 Å². The molecule has 0 spiro atoms. The first-order valence-electron chi connectivity index (χ1n) is 9.16. The van der Waals surface area contributed by atoms with Crippen LogP contribution in [0.4, 0.5) is 0 Å². The predicted octanol–water partition coefficient (Wildman–Crippen LogP) is 5.84. The van der Waals surface area contributed by atoms with Crippen LogP contribution in [-0.4, -0.2) is 19.5 Å². The molecule has 20 heavy (non-hydrogen) atoms. The van der Waals surface area contributed by atoms with Crippen LogP contribution in [-0.2, 0) is 9.47 Å². The summed E-state index contributed by atoms with van der Waals surface area (Å²) in [5.74, 6) is 0. The average Bonchev–Trinajstić information content (AvgIpc) is 3.27. The molecule has 1 unspecified atom stereocenters. The van der Waals surface area contributed by atoms with Crippen molar-refractivity contribution in [3.63, 3.8) is 0 Å². The Labute approximate surface area is 126 Å². The summed E-state index contributed by atoms with van der Waals surface area (Å²) in [5.41, 5.74) is 0. The van der Waals surface area contributed by atoms with Crippen molar-refractivity contribution >= 4 is 0 Å². The van der Waals surface area contributed by atoms with E-state index in [9.17, 15) is 0 Å². The molecule has 1 aliphatic rings. The van der Waals surface area contributed by atoms with Crippen LogP contribution in [0, 0.1) is 0 Å². The van der Waals surface area contributed by atoms with E-state index in [0.717, 1.165) is 13.2 Å². The average molecular weight is 284 g/mol. The molecule has 1 fully saturated rings. The molecule has 0 bridgehead atoms. The second kappa shape index (κ2) is 13.9. The fourth-order valence-corrected chi connectivity index (χ4v) is 2.65. The lowest BCUT2D eigenvalue weighted by molar-refractivity contribution is 0.0478. The van der Waals surface area contributed by atoms with Crippen LogP contribution in [0.1, 0.15) is 96.8 Å². The van der Waals surface area contributed by atoms with Gasteiger partial charge in [0.15, 0.2) is 6.29 Å². The molecule has 1 atom stereocenters. The predicted molar refractivity (Wildman–Crippen MR) is 86.0 cm³/mol. The molecule has 120 valence electrons. The van der Waals surface area contributed by atoms with Crippen molar-refractivity contribution in [2.24, 2.45) is 0 Å². The van der Waals surface area contributed by atoms with Crippen molar-refractivity contribution in [2.45, 2.75) is 103 Å². The minimum Gasteiger partial charge on any atom is -0.350 e. The zero-order valence-electron chi connectivity index (χ0n) is 13.7. The lowest BCUT2D eigenvalue weighted by atomic mass is 10.0. The molecule has 0 aromatic heterocycles. The molecule has 2 nitrogen and oxygen atoms in total. The normalized spacial score (nSPS) is 17.6. The van der Waals surface area contributed by atoms with Gasteiger partial charge >= 0.3 is 0 Å².